The SMILES string of the molecule is CCC1NC(c2ccc(C)s2)N(CCS(=O)CC)C1=O. The number of carbonyl (C=O) groups excluding carboxylic acids is 1. The van der Waals surface area contributed by atoms with E-state index in [0.29, 0.717) is 18.1 Å². The van der Waals surface area contributed by atoms with Crippen molar-refractivity contribution in [3.63, 3.8) is 0 Å². The minimum absolute atomic E-state index is 0.0555. The third-order valence-corrected chi connectivity index (χ3v) is 5.91. The second-order valence-electron chi connectivity index (χ2n) is 4.94. The Morgan fingerprint density at radius 1 is 1.40 bits per heavy atom. The van der Waals surface area contributed by atoms with E-state index in [1.807, 2.05) is 18.7 Å². The lowest BCUT2D eigenvalue weighted by molar-refractivity contribution is -0.129. The van der Waals surface area contributed by atoms with Crippen LogP contribution in [0.2, 0.25) is 0 Å². The fourth-order valence-corrected chi connectivity index (χ4v) is 4.03. The van der Waals surface area contributed by atoms with E-state index in [1.165, 1.54) is 4.88 Å². The highest BCUT2D eigenvalue weighted by Crippen LogP contribution is 2.30. The topological polar surface area (TPSA) is 49.4 Å². The molecule has 0 bridgehead atoms. The van der Waals surface area contributed by atoms with Crippen LogP contribution in [0.1, 0.15) is 36.2 Å². The highest BCUT2D eigenvalue weighted by molar-refractivity contribution is 7.84. The molecule has 1 aliphatic heterocycles. The Labute approximate surface area is 127 Å². The molecule has 1 N–H and O–H groups in total. The van der Waals surface area contributed by atoms with Gasteiger partial charge in [0.15, 0.2) is 0 Å². The number of nitrogens with zero attached hydrogens (tertiary/aromatic N) is 1. The Morgan fingerprint density at radius 3 is 2.70 bits per heavy atom. The quantitative estimate of drug-likeness (QED) is 0.874. The van der Waals surface area contributed by atoms with Gasteiger partial charge in [-0.1, -0.05) is 13.8 Å². The van der Waals surface area contributed by atoms with E-state index < -0.39 is 10.8 Å². The van der Waals surface area contributed by atoms with Gasteiger partial charge in [-0.15, -0.1) is 11.3 Å². The van der Waals surface area contributed by atoms with Crippen molar-refractivity contribution in [3.05, 3.63) is 21.9 Å². The van der Waals surface area contributed by atoms with Crippen molar-refractivity contribution in [2.24, 2.45) is 0 Å². The summed E-state index contributed by atoms with van der Waals surface area (Å²) >= 11 is 1.71. The average Bonchev–Trinajstić information content (AvgIpc) is 3.00. The summed E-state index contributed by atoms with van der Waals surface area (Å²) in [5, 5.41) is 3.40. The molecule has 1 aromatic heterocycles. The van der Waals surface area contributed by atoms with Gasteiger partial charge in [0.1, 0.15) is 6.17 Å². The lowest BCUT2D eigenvalue weighted by Crippen LogP contribution is -2.34. The summed E-state index contributed by atoms with van der Waals surface area (Å²) < 4.78 is 11.6. The van der Waals surface area contributed by atoms with Gasteiger partial charge in [0.25, 0.3) is 0 Å². The zero-order chi connectivity index (χ0) is 14.7. The Hall–Kier alpha value is -0.720. The molecule has 1 saturated heterocycles. The maximum Gasteiger partial charge on any atom is 0.241 e. The summed E-state index contributed by atoms with van der Waals surface area (Å²) in [4.78, 5) is 16.7. The molecule has 2 rings (SSSR count). The van der Waals surface area contributed by atoms with Crippen LogP contribution in [-0.2, 0) is 15.6 Å². The van der Waals surface area contributed by atoms with Crippen LogP contribution in [0, 0.1) is 6.92 Å². The summed E-state index contributed by atoms with van der Waals surface area (Å²) in [5.74, 6) is 1.34. The molecule has 3 atom stereocenters. The Balaban J connectivity index is 2.14. The molecule has 6 heteroatoms. The van der Waals surface area contributed by atoms with E-state index >= 15 is 0 Å². The standard InChI is InChI=1S/C14H22N2O2S2/c1-4-11-14(17)16(8-9-20(18)5-2)13(15-11)12-7-6-10(3)19-12/h6-7,11,13,15H,4-5,8-9H2,1-3H3. The molecule has 112 valence electrons. The first-order valence-electron chi connectivity index (χ1n) is 7.04. The maximum atomic E-state index is 12.4. The summed E-state index contributed by atoms with van der Waals surface area (Å²) in [5.41, 5.74) is 0. The van der Waals surface area contributed by atoms with E-state index in [4.69, 9.17) is 0 Å². The molecule has 1 fully saturated rings. The molecule has 2 heterocycles. The van der Waals surface area contributed by atoms with Crippen LogP contribution in [0.4, 0.5) is 0 Å². The van der Waals surface area contributed by atoms with Gasteiger partial charge in [-0.25, -0.2) is 0 Å². The van der Waals surface area contributed by atoms with E-state index in [-0.39, 0.29) is 18.1 Å². The summed E-state index contributed by atoms with van der Waals surface area (Å²) in [6, 6.07) is 4.04. The molecule has 0 saturated carbocycles. The number of aryl methyl sites for hydroxylation is 1. The number of thiophene rings is 1. The van der Waals surface area contributed by atoms with Crippen LogP contribution in [0.25, 0.3) is 0 Å². The first-order valence-corrected chi connectivity index (χ1v) is 9.35. The maximum absolute atomic E-state index is 12.4. The van der Waals surface area contributed by atoms with Crippen LogP contribution < -0.4 is 5.32 Å². The minimum Gasteiger partial charge on any atom is -0.320 e. The number of carbonyl (C=O) groups is 1. The molecule has 0 spiro atoms. The smallest absolute Gasteiger partial charge is 0.241 e. The highest BCUT2D eigenvalue weighted by atomic mass is 32.2. The van der Waals surface area contributed by atoms with E-state index in [0.717, 1.165) is 11.3 Å². The number of nitrogens with one attached hydrogen (secondary N) is 1. The highest BCUT2D eigenvalue weighted by Gasteiger charge is 2.38. The van der Waals surface area contributed by atoms with Crippen molar-refractivity contribution in [2.45, 2.75) is 39.4 Å². The lowest BCUT2D eigenvalue weighted by atomic mass is 10.2. The fraction of sp³-hybridized carbons (Fsp3) is 0.643. The van der Waals surface area contributed by atoms with Gasteiger partial charge in [-0.2, -0.15) is 0 Å². The molecule has 1 amide bonds. The molecular formula is C14H22N2O2S2. The van der Waals surface area contributed by atoms with Crippen LogP contribution in [0.15, 0.2) is 12.1 Å². The molecular weight excluding hydrogens is 292 g/mol. The second-order valence-corrected chi connectivity index (χ2v) is 8.13. The monoisotopic (exact) mass is 314 g/mol. The molecule has 20 heavy (non-hydrogen) atoms. The average molecular weight is 314 g/mol. The predicted octanol–water partition coefficient (Wildman–Crippen LogP) is 2.03. The molecule has 4 nitrogen and oxygen atoms in total. The van der Waals surface area contributed by atoms with Crippen molar-refractivity contribution >= 4 is 28.0 Å². The van der Waals surface area contributed by atoms with Gasteiger partial charge < -0.3 is 4.90 Å². The van der Waals surface area contributed by atoms with Crippen molar-refractivity contribution < 1.29 is 9.00 Å². The van der Waals surface area contributed by atoms with E-state index in [1.54, 1.807) is 11.3 Å². The molecule has 0 radical (unpaired) electrons. The molecule has 1 aliphatic rings. The lowest BCUT2D eigenvalue weighted by Gasteiger charge is -2.23. The predicted molar refractivity (Wildman–Crippen MR) is 84.3 cm³/mol. The van der Waals surface area contributed by atoms with Crippen molar-refractivity contribution in [2.75, 3.05) is 18.1 Å². The number of hydrogen-bond acceptors (Lipinski definition) is 4. The Kier molecular flexibility index (Phi) is 5.35. The zero-order valence-electron chi connectivity index (χ0n) is 12.2. The second kappa shape index (κ2) is 6.83. The first kappa shape index (κ1) is 15.7. The van der Waals surface area contributed by atoms with Crippen LogP contribution in [0.5, 0.6) is 0 Å². The number of amides is 1. The van der Waals surface area contributed by atoms with Gasteiger partial charge in [0, 0.05) is 38.6 Å². The third-order valence-electron chi connectivity index (χ3n) is 3.57. The molecule has 0 aromatic carbocycles. The summed E-state index contributed by atoms with van der Waals surface area (Å²) in [7, 11) is -0.836. The Morgan fingerprint density at radius 2 is 2.15 bits per heavy atom. The Bertz CT molecular complexity index is 501. The van der Waals surface area contributed by atoms with Crippen LogP contribution >= 0.6 is 11.3 Å². The zero-order valence-corrected chi connectivity index (χ0v) is 13.9. The van der Waals surface area contributed by atoms with Gasteiger partial charge in [0.2, 0.25) is 5.91 Å². The third kappa shape index (κ3) is 3.30. The molecule has 0 aliphatic carbocycles. The first-order chi connectivity index (χ1) is 9.56. The van der Waals surface area contributed by atoms with E-state index in [9.17, 15) is 9.00 Å². The van der Waals surface area contributed by atoms with Gasteiger partial charge >= 0.3 is 0 Å². The fourth-order valence-electron chi connectivity index (χ4n) is 2.39. The van der Waals surface area contributed by atoms with Crippen molar-refractivity contribution in [3.8, 4) is 0 Å². The van der Waals surface area contributed by atoms with Crippen LogP contribution in [0.3, 0.4) is 0 Å². The number of rotatable bonds is 6. The largest absolute Gasteiger partial charge is 0.320 e. The van der Waals surface area contributed by atoms with Crippen molar-refractivity contribution in [1.29, 1.82) is 0 Å². The van der Waals surface area contributed by atoms with Gasteiger partial charge in [-0.05, 0) is 25.5 Å². The summed E-state index contributed by atoms with van der Waals surface area (Å²) in [6.45, 7) is 6.55. The van der Waals surface area contributed by atoms with Crippen molar-refractivity contribution in [1.82, 2.24) is 10.2 Å². The molecule has 3 unspecified atom stereocenters. The van der Waals surface area contributed by atoms with Gasteiger partial charge in [-0.3, -0.25) is 14.3 Å². The minimum atomic E-state index is -0.836. The van der Waals surface area contributed by atoms with E-state index in [2.05, 4.69) is 24.4 Å². The number of hydrogen-bond donors (Lipinski definition) is 1. The normalized spacial score (nSPS) is 24.4. The van der Waals surface area contributed by atoms with Crippen LogP contribution in [-0.4, -0.2) is 39.1 Å². The summed E-state index contributed by atoms with van der Waals surface area (Å²) in [6.07, 6.45) is 0.729. The van der Waals surface area contributed by atoms with Gasteiger partial charge in [0.05, 0.1) is 6.04 Å². The molecule has 1 aromatic rings.